The SMILES string of the molecule is Cc1cc2c3c(cc(C)c2s1)OC1=C(CC(=O)C=C1)C3. The number of hydrogen-bond donors (Lipinski definition) is 0. The fourth-order valence-electron chi connectivity index (χ4n) is 3.02. The van der Waals surface area contributed by atoms with Gasteiger partial charge in [0.15, 0.2) is 5.78 Å². The monoisotopic (exact) mass is 282 g/mol. The van der Waals surface area contributed by atoms with Gasteiger partial charge in [0, 0.05) is 33.4 Å². The van der Waals surface area contributed by atoms with Crippen molar-refractivity contribution in [1.29, 1.82) is 0 Å². The Labute approximate surface area is 121 Å². The van der Waals surface area contributed by atoms with Gasteiger partial charge in [0.25, 0.3) is 0 Å². The Morgan fingerprint density at radius 3 is 2.85 bits per heavy atom. The van der Waals surface area contributed by atoms with Crippen molar-refractivity contribution >= 4 is 27.2 Å². The van der Waals surface area contributed by atoms with E-state index in [0.717, 1.165) is 23.5 Å². The molecular formula is C17H14O2S. The highest BCUT2D eigenvalue weighted by Crippen LogP contribution is 2.42. The van der Waals surface area contributed by atoms with Crippen molar-refractivity contribution in [1.82, 2.24) is 0 Å². The van der Waals surface area contributed by atoms with Crippen LogP contribution in [-0.2, 0) is 11.2 Å². The summed E-state index contributed by atoms with van der Waals surface area (Å²) in [6.45, 7) is 4.27. The lowest BCUT2D eigenvalue weighted by Gasteiger charge is -2.24. The van der Waals surface area contributed by atoms with E-state index in [1.165, 1.54) is 26.1 Å². The third kappa shape index (κ3) is 1.66. The van der Waals surface area contributed by atoms with Crippen LogP contribution in [0.2, 0.25) is 0 Å². The molecule has 1 aliphatic heterocycles. The van der Waals surface area contributed by atoms with Crippen LogP contribution in [0, 0.1) is 13.8 Å². The van der Waals surface area contributed by atoms with Gasteiger partial charge in [-0.3, -0.25) is 4.79 Å². The minimum Gasteiger partial charge on any atom is -0.457 e. The Morgan fingerprint density at radius 1 is 1.15 bits per heavy atom. The molecule has 0 fully saturated rings. The number of rotatable bonds is 0. The average Bonchev–Trinajstić information content (AvgIpc) is 2.80. The van der Waals surface area contributed by atoms with E-state index in [9.17, 15) is 4.79 Å². The molecular weight excluding hydrogens is 268 g/mol. The van der Waals surface area contributed by atoms with E-state index in [1.54, 1.807) is 6.08 Å². The van der Waals surface area contributed by atoms with Gasteiger partial charge in [-0.2, -0.15) is 0 Å². The van der Waals surface area contributed by atoms with Gasteiger partial charge in [0.05, 0.1) is 0 Å². The minimum absolute atomic E-state index is 0.167. The quantitative estimate of drug-likeness (QED) is 0.722. The Hall–Kier alpha value is -1.87. The van der Waals surface area contributed by atoms with E-state index < -0.39 is 0 Å². The fourth-order valence-corrected chi connectivity index (χ4v) is 4.03. The molecule has 20 heavy (non-hydrogen) atoms. The van der Waals surface area contributed by atoms with Crippen molar-refractivity contribution < 1.29 is 9.53 Å². The van der Waals surface area contributed by atoms with E-state index in [2.05, 4.69) is 26.0 Å². The second kappa shape index (κ2) is 4.06. The van der Waals surface area contributed by atoms with Gasteiger partial charge in [-0.25, -0.2) is 0 Å². The molecule has 0 bridgehead atoms. The number of ketones is 1. The summed E-state index contributed by atoms with van der Waals surface area (Å²) < 4.78 is 7.37. The number of benzene rings is 1. The summed E-state index contributed by atoms with van der Waals surface area (Å²) >= 11 is 1.83. The molecule has 0 atom stereocenters. The van der Waals surface area contributed by atoms with Crippen LogP contribution >= 0.6 is 11.3 Å². The van der Waals surface area contributed by atoms with Crippen molar-refractivity contribution in [3.05, 3.63) is 51.6 Å². The summed E-state index contributed by atoms with van der Waals surface area (Å²) in [5, 5.41) is 1.29. The molecule has 0 radical (unpaired) electrons. The molecule has 0 saturated heterocycles. The third-order valence-corrected chi connectivity index (χ3v) is 5.14. The molecule has 100 valence electrons. The standard InChI is InChI=1S/C17H14O2S/c1-9-5-16-13(14-6-10(2)20-17(9)14)8-11-7-12(18)3-4-15(11)19-16/h3-6H,7-8H2,1-2H3. The Bertz CT molecular complexity index is 821. The lowest BCUT2D eigenvalue weighted by Crippen LogP contribution is -2.15. The number of ether oxygens (including phenoxy) is 1. The predicted molar refractivity (Wildman–Crippen MR) is 81.4 cm³/mol. The lowest BCUT2D eigenvalue weighted by atomic mass is 9.91. The summed E-state index contributed by atoms with van der Waals surface area (Å²) in [5.41, 5.74) is 3.60. The van der Waals surface area contributed by atoms with Gasteiger partial charge in [0.2, 0.25) is 0 Å². The first-order chi connectivity index (χ1) is 9.61. The van der Waals surface area contributed by atoms with Crippen LogP contribution < -0.4 is 4.74 Å². The molecule has 2 aromatic rings. The maximum atomic E-state index is 11.6. The molecule has 1 aliphatic carbocycles. The van der Waals surface area contributed by atoms with Gasteiger partial charge in [-0.1, -0.05) is 0 Å². The number of carbonyl (C=O) groups excluding carboxylic acids is 1. The molecule has 1 aromatic heterocycles. The Morgan fingerprint density at radius 2 is 2.00 bits per heavy atom. The number of thiophene rings is 1. The zero-order chi connectivity index (χ0) is 13.9. The smallest absolute Gasteiger partial charge is 0.160 e. The molecule has 0 spiro atoms. The molecule has 0 saturated carbocycles. The third-order valence-electron chi connectivity index (χ3n) is 3.95. The van der Waals surface area contributed by atoms with Crippen molar-refractivity contribution in [2.75, 3.05) is 0 Å². The highest BCUT2D eigenvalue weighted by atomic mass is 32.1. The summed E-state index contributed by atoms with van der Waals surface area (Å²) in [6, 6.07) is 4.36. The number of allylic oxidation sites excluding steroid dienone is 3. The highest BCUT2D eigenvalue weighted by Gasteiger charge is 2.25. The van der Waals surface area contributed by atoms with E-state index in [-0.39, 0.29) is 5.78 Å². The van der Waals surface area contributed by atoms with Crippen LogP contribution in [0.1, 0.15) is 22.4 Å². The maximum absolute atomic E-state index is 11.6. The van der Waals surface area contributed by atoms with Crippen LogP contribution in [0.5, 0.6) is 5.75 Å². The molecule has 1 aromatic carbocycles. The number of hydrogen-bond acceptors (Lipinski definition) is 3. The van der Waals surface area contributed by atoms with Crippen molar-refractivity contribution in [2.45, 2.75) is 26.7 Å². The second-order valence-electron chi connectivity index (χ2n) is 5.49. The Kier molecular flexibility index (Phi) is 2.42. The summed E-state index contributed by atoms with van der Waals surface area (Å²) in [4.78, 5) is 12.9. The molecule has 2 nitrogen and oxygen atoms in total. The van der Waals surface area contributed by atoms with E-state index in [0.29, 0.717) is 6.42 Å². The topological polar surface area (TPSA) is 26.3 Å². The average molecular weight is 282 g/mol. The van der Waals surface area contributed by atoms with Crippen molar-refractivity contribution in [3.63, 3.8) is 0 Å². The van der Waals surface area contributed by atoms with Crippen LogP contribution in [0.4, 0.5) is 0 Å². The van der Waals surface area contributed by atoms with Crippen LogP contribution in [0.15, 0.2) is 35.6 Å². The fraction of sp³-hybridized carbons (Fsp3) is 0.235. The first kappa shape index (κ1) is 11.9. The van der Waals surface area contributed by atoms with Gasteiger partial charge in [0.1, 0.15) is 11.5 Å². The number of fused-ring (bicyclic) bond motifs is 3. The first-order valence-corrected chi connectivity index (χ1v) is 7.57. The van der Waals surface area contributed by atoms with Crippen molar-refractivity contribution in [3.8, 4) is 5.75 Å². The normalized spacial score (nSPS) is 17.2. The number of carbonyl (C=O) groups is 1. The van der Waals surface area contributed by atoms with Gasteiger partial charge in [-0.15, -0.1) is 11.3 Å². The summed E-state index contributed by atoms with van der Waals surface area (Å²) in [6.07, 6.45) is 4.74. The van der Waals surface area contributed by atoms with Gasteiger partial charge < -0.3 is 4.74 Å². The second-order valence-corrected chi connectivity index (χ2v) is 6.75. The Balaban J connectivity index is 1.92. The summed E-state index contributed by atoms with van der Waals surface area (Å²) in [7, 11) is 0. The van der Waals surface area contributed by atoms with E-state index in [1.807, 2.05) is 17.4 Å². The van der Waals surface area contributed by atoms with Gasteiger partial charge in [-0.05, 0) is 49.3 Å². The van der Waals surface area contributed by atoms with Crippen LogP contribution in [-0.4, -0.2) is 5.78 Å². The molecule has 0 N–H and O–H groups in total. The highest BCUT2D eigenvalue weighted by molar-refractivity contribution is 7.19. The predicted octanol–water partition coefficient (Wildman–Crippen LogP) is 4.24. The van der Waals surface area contributed by atoms with E-state index >= 15 is 0 Å². The van der Waals surface area contributed by atoms with Gasteiger partial charge >= 0.3 is 0 Å². The molecule has 2 heterocycles. The largest absolute Gasteiger partial charge is 0.457 e. The molecule has 2 aliphatic rings. The van der Waals surface area contributed by atoms with E-state index in [4.69, 9.17) is 4.74 Å². The van der Waals surface area contributed by atoms with Crippen LogP contribution in [0.25, 0.3) is 10.1 Å². The molecule has 0 unspecified atom stereocenters. The number of aryl methyl sites for hydroxylation is 2. The molecule has 4 rings (SSSR count). The summed E-state index contributed by atoms with van der Waals surface area (Å²) in [5.74, 6) is 1.98. The maximum Gasteiger partial charge on any atom is 0.160 e. The minimum atomic E-state index is 0.167. The zero-order valence-electron chi connectivity index (χ0n) is 11.4. The van der Waals surface area contributed by atoms with Crippen molar-refractivity contribution in [2.24, 2.45) is 0 Å². The van der Waals surface area contributed by atoms with Crippen LogP contribution in [0.3, 0.4) is 0 Å². The zero-order valence-corrected chi connectivity index (χ0v) is 12.3. The first-order valence-electron chi connectivity index (χ1n) is 6.75. The molecule has 3 heteroatoms. The molecule has 0 amide bonds. The lowest BCUT2D eigenvalue weighted by molar-refractivity contribution is -0.114.